The van der Waals surface area contributed by atoms with E-state index in [1.54, 1.807) is 0 Å². The molecule has 97 valence electrons. The van der Waals surface area contributed by atoms with Crippen LogP contribution in [0.25, 0.3) is 0 Å². The maximum absolute atomic E-state index is 10.6. The van der Waals surface area contributed by atoms with Crippen LogP contribution in [-0.4, -0.2) is 41.5 Å². The van der Waals surface area contributed by atoms with Gasteiger partial charge in [0.25, 0.3) is 0 Å². The Bertz CT molecular complexity index is 556. The maximum Gasteiger partial charge on any atom is 1.00 e. The number of hydrogen-bond donors (Lipinski definition) is 0. The van der Waals surface area contributed by atoms with E-state index in [1.807, 2.05) is 0 Å². The first kappa shape index (κ1) is 24.4. The number of ether oxygens (including phenoxy) is 1. The van der Waals surface area contributed by atoms with Crippen LogP contribution < -0.4 is 74.1 Å². The van der Waals surface area contributed by atoms with E-state index in [2.05, 4.69) is 0 Å². The van der Waals surface area contributed by atoms with Gasteiger partial charge in [-0.3, -0.25) is 0 Å². The molecule has 2 aromatic rings. The monoisotopic (exact) mass is 325 g/mol. The molecule has 0 bridgehead atoms. The van der Waals surface area contributed by atoms with Crippen molar-refractivity contribution in [3.05, 3.63) is 59.7 Å². The Morgan fingerprint density at radius 2 is 0.955 bits per heavy atom. The molecule has 1 radical (unpaired) electrons. The second-order valence-corrected chi connectivity index (χ2v) is 3.73. The van der Waals surface area contributed by atoms with E-state index in [-0.39, 0.29) is 99.8 Å². The van der Waals surface area contributed by atoms with Crippen molar-refractivity contribution >= 4 is 41.5 Å². The zero-order chi connectivity index (χ0) is 13.8. The van der Waals surface area contributed by atoms with E-state index >= 15 is 0 Å². The van der Waals surface area contributed by atoms with E-state index in [9.17, 15) is 19.8 Å². The third-order valence-electron chi connectivity index (χ3n) is 2.42. The summed E-state index contributed by atoms with van der Waals surface area (Å²) in [6, 6.07) is 11.4. The van der Waals surface area contributed by atoms with Crippen LogP contribution in [0.1, 0.15) is 20.7 Å². The van der Waals surface area contributed by atoms with Crippen molar-refractivity contribution in [2.24, 2.45) is 0 Å². The van der Waals surface area contributed by atoms with Gasteiger partial charge in [0.15, 0.2) is 0 Å². The minimum absolute atomic E-state index is 0. The van der Waals surface area contributed by atoms with Crippen molar-refractivity contribution < 1.29 is 83.7 Å². The predicted octanol–water partition coefficient (Wildman–Crippen LogP) is -6.17. The SMILES string of the molecule is O=C([O-])c1ccc(Oc2ccc(C(=O)[O-])cc2)cc1.[Na+].[Na+].[Na]. The first-order valence-electron chi connectivity index (χ1n) is 5.37. The van der Waals surface area contributed by atoms with Crippen molar-refractivity contribution in [3.63, 3.8) is 0 Å². The molecule has 0 saturated heterocycles. The van der Waals surface area contributed by atoms with Crippen LogP contribution in [0.5, 0.6) is 11.5 Å². The second kappa shape index (κ2) is 11.7. The fourth-order valence-corrected chi connectivity index (χ4v) is 1.45. The summed E-state index contributed by atoms with van der Waals surface area (Å²) in [6.07, 6.45) is 0. The molecule has 0 fully saturated rings. The molecule has 0 saturated carbocycles. The standard InChI is InChI=1S/C14H10O5.3Na/c15-13(16)9-1-5-11(6-2-9)19-12-7-3-10(4-8-12)14(17)18;;;/h1-8H,(H,15,16)(H,17,18);;;/q;;2*+1/p-2. The first-order chi connectivity index (χ1) is 9.06. The number of hydrogen-bond acceptors (Lipinski definition) is 5. The van der Waals surface area contributed by atoms with E-state index in [1.165, 1.54) is 48.5 Å². The molecule has 0 heterocycles. The van der Waals surface area contributed by atoms with Gasteiger partial charge < -0.3 is 24.5 Å². The van der Waals surface area contributed by atoms with Gasteiger partial charge in [-0.05, 0) is 59.7 Å². The number of aromatic carboxylic acids is 2. The summed E-state index contributed by atoms with van der Waals surface area (Å²) in [7, 11) is 0. The van der Waals surface area contributed by atoms with Crippen molar-refractivity contribution in [3.8, 4) is 11.5 Å². The molecule has 0 N–H and O–H groups in total. The summed E-state index contributed by atoms with van der Waals surface area (Å²) in [5.74, 6) is -1.65. The van der Waals surface area contributed by atoms with Crippen LogP contribution in [0.4, 0.5) is 0 Å². The molecule has 2 rings (SSSR count). The molecular weight excluding hydrogens is 317 g/mol. The van der Waals surface area contributed by atoms with Crippen LogP contribution >= 0.6 is 0 Å². The van der Waals surface area contributed by atoms with Gasteiger partial charge in [0, 0.05) is 29.6 Å². The third-order valence-corrected chi connectivity index (χ3v) is 2.42. The second-order valence-electron chi connectivity index (χ2n) is 3.73. The molecule has 0 atom stereocenters. The minimum Gasteiger partial charge on any atom is -0.545 e. The fraction of sp³-hybridized carbons (Fsp3) is 0. The van der Waals surface area contributed by atoms with Gasteiger partial charge in [-0.25, -0.2) is 0 Å². The van der Waals surface area contributed by atoms with Crippen LogP contribution in [-0.2, 0) is 0 Å². The Morgan fingerprint density at radius 1 is 0.682 bits per heavy atom. The molecular formula is C14H8Na3O5. The summed E-state index contributed by atoms with van der Waals surface area (Å²) in [5, 5.41) is 21.1. The number of carbonyl (C=O) groups excluding carboxylic acids is 2. The summed E-state index contributed by atoms with van der Waals surface area (Å²) < 4.78 is 5.42. The van der Waals surface area contributed by atoms with Gasteiger partial charge in [-0.1, -0.05) is 0 Å². The van der Waals surface area contributed by atoms with Crippen LogP contribution in [0.2, 0.25) is 0 Å². The molecule has 8 heteroatoms. The Balaban J connectivity index is 0. The predicted molar refractivity (Wildman–Crippen MR) is 67.4 cm³/mol. The molecule has 0 aliphatic heterocycles. The zero-order valence-corrected chi connectivity index (χ0v) is 18.7. The van der Waals surface area contributed by atoms with E-state index < -0.39 is 11.9 Å². The van der Waals surface area contributed by atoms with Crippen molar-refractivity contribution in [2.45, 2.75) is 0 Å². The van der Waals surface area contributed by atoms with Gasteiger partial charge in [0.2, 0.25) is 0 Å². The van der Waals surface area contributed by atoms with Crippen molar-refractivity contribution in [1.29, 1.82) is 0 Å². The maximum atomic E-state index is 10.6. The zero-order valence-electron chi connectivity index (χ0n) is 12.7. The van der Waals surface area contributed by atoms with Crippen LogP contribution in [0, 0.1) is 0 Å². The molecule has 0 aliphatic carbocycles. The van der Waals surface area contributed by atoms with E-state index in [0.29, 0.717) is 11.5 Å². The summed E-state index contributed by atoms with van der Waals surface area (Å²) in [6.45, 7) is 0. The van der Waals surface area contributed by atoms with E-state index in [4.69, 9.17) is 4.74 Å². The van der Waals surface area contributed by atoms with Crippen molar-refractivity contribution in [2.75, 3.05) is 0 Å². The van der Waals surface area contributed by atoms with Gasteiger partial charge in [-0.2, -0.15) is 0 Å². The summed E-state index contributed by atoms with van der Waals surface area (Å²) >= 11 is 0. The summed E-state index contributed by atoms with van der Waals surface area (Å²) in [4.78, 5) is 21.1. The third kappa shape index (κ3) is 7.17. The number of carboxylic acid groups (broad SMARTS) is 2. The molecule has 22 heavy (non-hydrogen) atoms. The normalized spacial score (nSPS) is 8.55. The Hall–Kier alpha value is 0.180. The molecule has 0 aromatic heterocycles. The number of carbonyl (C=O) groups is 2. The number of benzene rings is 2. The van der Waals surface area contributed by atoms with Gasteiger partial charge in [0.05, 0.1) is 11.9 Å². The molecule has 0 amide bonds. The van der Waals surface area contributed by atoms with E-state index in [0.717, 1.165) is 0 Å². The van der Waals surface area contributed by atoms with Gasteiger partial charge >= 0.3 is 59.1 Å². The molecule has 2 aromatic carbocycles. The topological polar surface area (TPSA) is 89.5 Å². The Morgan fingerprint density at radius 3 is 1.18 bits per heavy atom. The molecule has 0 unspecified atom stereocenters. The minimum atomic E-state index is -1.26. The summed E-state index contributed by atoms with van der Waals surface area (Å²) in [5.41, 5.74) is 0.110. The smallest absolute Gasteiger partial charge is 0.545 e. The van der Waals surface area contributed by atoms with Gasteiger partial charge in [-0.15, -0.1) is 0 Å². The average molecular weight is 325 g/mol. The number of carboxylic acids is 2. The molecule has 0 spiro atoms. The van der Waals surface area contributed by atoms with Crippen LogP contribution in [0.15, 0.2) is 48.5 Å². The number of rotatable bonds is 4. The Kier molecular flexibility index (Phi) is 13.0. The van der Waals surface area contributed by atoms with Gasteiger partial charge in [0.1, 0.15) is 11.5 Å². The Labute approximate surface area is 193 Å². The quantitative estimate of drug-likeness (QED) is 0.522. The largest absolute Gasteiger partial charge is 1.00 e. The average Bonchev–Trinajstić information content (AvgIpc) is 2.40. The molecule has 5 nitrogen and oxygen atoms in total. The molecule has 0 aliphatic rings. The first-order valence-corrected chi connectivity index (χ1v) is 5.37. The van der Waals surface area contributed by atoms with Crippen LogP contribution in [0.3, 0.4) is 0 Å². The fourth-order valence-electron chi connectivity index (χ4n) is 1.45. The van der Waals surface area contributed by atoms with Crippen molar-refractivity contribution in [1.82, 2.24) is 0 Å².